The zero-order chi connectivity index (χ0) is 13.0. The minimum Gasteiger partial charge on any atom is -0.507 e. The summed E-state index contributed by atoms with van der Waals surface area (Å²) < 4.78 is 13.4. The Balaban J connectivity index is 2.01. The first kappa shape index (κ1) is 12.6. The van der Waals surface area contributed by atoms with Gasteiger partial charge in [0.05, 0.1) is 0 Å². The van der Waals surface area contributed by atoms with Crippen LogP contribution >= 0.6 is 0 Å². The van der Waals surface area contributed by atoms with Gasteiger partial charge in [-0.25, -0.2) is 4.39 Å². The second kappa shape index (κ2) is 5.64. The van der Waals surface area contributed by atoms with Crippen LogP contribution in [0.4, 0.5) is 4.39 Å². The first-order valence-corrected chi connectivity index (χ1v) is 5.83. The monoisotopic (exact) mass is 250 g/mol. The molecular formula is C13H15FN2O2. The Morgan fingerprint density at radius 3 is 3.00 bits per heavy atom. The van der Waals surface area contributed by atoms with Gasteiger partial charge >= 0.3 is 0 Å². The molecule has 0 saturated heterocycles. The molecule has 0 aliphatic carbocycles. The van der Waals surface area contributed by atoms with E-state index in [2.05, 4.69) is 10.6 Å². The Kier molecular flexibility index (Phi) is 3.94. The molecule has 1 aliphatic rings. The molecular weight excluding hydrogens is 235 g/mol. The molecule has 1 amide bonds. The van der Waals surface area contributed by atoms with Crippen molar-refractivity contribution in [2.45, 2.75) is 6.42 Å². The maximum Gasteiger partial charge on any atom is 0.258 e. The first-order chi connectivity index (χ1) is 8.68. The van der Waals surface area contributed by atoms with Gasteiger partial charge in [-0.05, 0) is 25.1 Å². The van der Waals surface area contributed by atoms with Crippen molar-refractivity contribution >= 4 is 5.91 Å². The summed E-state index contributed by atoms with van der Waals surface area (Å²) in [6, 6.07) is 3.80. The average molecular weight is 250 g/mol. The van der Waals surface area contributed by atoms with Crippen LogP contribution < -0.4 is 10.6 Å². The highest BCUT2D eigenvalue weighted by molar-refractivity contribution is 5.97. The normalized spacial score (nSPS) is 15.1. The largest absolute Gasteiger partial charge is 0.507 e. The third-order valence-corrected chi connectivity index (χ3v) is 2.85. The number of rotatable bonds is 3. The van der Waals surface area contributed by atoms with E-state index < -0.39 is 11.7 Å². The van der Waals surface area contributed by atoms with Crippen LogP contribution in [0.5, 0.6) is 5.75 Å². The highest BCUT2D eigenvalue weighted by atomic mass is 19.1. The summed E-state index contributed by atoms with van der Waals surface area (Å²) in [6.45, 7) is 2.05. The number of hydrogen-bond donors (Lipinski definition) is 3. The molecule has 1 aliphatic heterocycles. The van der Waals surface area contributed by atoms with Gasteiger partial charge in [0.15, 0.2) is 0 Å². The summed E-state index contributed by atoms with van der Waals surface area (Å²) in [5.74, 6) is -1.65. The minimum absolute atomic E-state index is 0.299. The third kappa shape index (κ3) is 2.87. The summed E-state index contributed by atoms with van der Waals surface area (Å²) >= 11 is 0. The summed E-state index contributed by atoms with van der Waals surface area (Å²) in [4.78, 5) is 11.8. The van der Waals surface area contributed by atoms with Crippen LogP contribution in [0.1, 0.15) is 16.8 Å². The van der Waals surface area contributed by atoms with Gasteiger partial charge in [-0.1, -0.05) is 17.7 Å². The molecule has 0 spiro atoms. The molecule has 1 aromatic rings. The predicted molar refractivity (Wildman–Crippen MR) is 66.0 cm³/mol. The highest BCUT2D eigenvalue weighted by Crippen LogP contribution is 2.19. The molecule has 0 fully saturated rings. The molecule has 0 saturated carbocycles. The summed E-state index contributed by atoms with van der Waals surface area (Å²) in [7, 11) is 0. The topological polar surface area (TPSA) is 61.4 Å². The van der Waals surface area contributed by atoms with Crippen molar-refractivity contribution in [2.75, 3.05) is 19.6 Å². The Labute approximate surface area is 105 Å². The van der Waals surface area contributed by atoms with Gasteiger partial charge in [-0.2, -0.15) is 0 Å². The lowest BCUT2D eigenvalue weighted by Crippen LogP contribution is -2.30. The molecule has 3 N–H and O–H groups in total. The molecule has 0 atom stereocenters. The van der Waals surface area contributed by atoms with Gasteiger partial charge in [0, 0.05) is 13.1 Å². The molecule has 0 radical (unpaired) electrons. The van der Waals surface area contributed by atoms with E-state index in [1.165, 1.54) is 12.1 Å². The lowest BCUT2D eigenvalue weighted by Gasteiger charge is -2.15. The lowest BCUT2D eigenvalue weighted by molar-refractivity contribution is 0.0949. The number of aromatic hydroxyl groups is 1. The van der Waals surface area contributed by atoms with Crippen LogP contribution in [0.15, 0.2) is 29.8 Å². The van der Waals surface area contributed by atoms with Gasteiger partial charge in [0.25, 0.3) is 5.91 Å². The minimum atomic E-state index is -0.716. The van der Waals surface area contributed by atoms with E-state index in [0.717, 1.165) is 31.1 Å². The number of carbonyl (C=O) groups is 1. The van der Waals surface area contributed by atoms with Gasteiger partial charge < -0.3 is 15.7 Å². The second-order valence-corrected chi connectivity index (χ2v) is 4.13. The molecule has 18 heavy (non-hydrogen) atoms. The van der Waals surface area contributed by atoms with Crippen molar-refractivity contribution in [3.63, 3.8) is 0 Å². The number of hydrogen-bond acceptors (Lipinski definition) is 3. The number of amides is 1. The van der Waals surface area contributed by atoms with E-state index in [1.54, 1.807) is 0 Å². The number of halogens is 1. The van der Waals surface area contributed by atoms with Crippen LogP contribution in [0, 0.1) is 5.82 Å². The smallest absolute Gasteiger partial charge is 0.258 e. The van der Waals surface area contributed by atoms with Crippen LogP contribution in [-0.2, 0) is 0 Å². The molecule has 0 unspecified atom stereocenters. The van der Waals surface area contributed by atoms with Gasteiger partial charge in [0.2, 0.25) is 0 Å². The molecule has 5 heteroatoms. The molecule has 0 bridgehead atoms. The molecule has 2 rings (SSSR count). The number of carbonyl (C=O) groups excluding carboxylic acids is 1. The molecule has 4 nitrogen and oxygen atoms in total. The van der Waals surface area contributed by atoms with Crippen molar-refractivity contribution in [3.8, 4) is 5.75 Å². The Bertz CT molecular complexity index is 466. The maximum atomic E-state index is 13.4. The van der Waals surface area contributed by atoms with E-state index in [4.69, 9.17) is 0 Å². The fraction of sp³-hybridized carbons (Fsp3) is 0.308. The predicted octanol–water partition coefficient (Wildman–Crippen LogP) is 1.18. The maximum absolute atomic E-state index is 13.4. The quantitative estimate of drug-likeness (QED) is 0.706. The fourth-order valence-corrected chi connectivity index (χ4v) is 1.85. The lowest BCUT2D eigenvalue weighted by atomic mass is 10.1. The summed E-state index contributed by atoms with van der Waals surface area (Å²) in [5.41, 5.74) is 0.810. The van der Waals surface area contributed by atoms with Crippen molar-refractivity contribution in [1.82, 2.24) is 10.6 Å². The SMILES string of the molecule is O=C(NCC1=CCNCC1)c1c(O)cccc1F. The van der Waals surface area contributed by atoms with Crippen molar-refractivity contribution < 1.29 is 14.3 Å². The number of nitrogens with one attached hydrogen (secondary N) is 2. The van der Waals surface area contributed by atoms with E-state index in [0.29, 0.717) is 6.54 Å². The molecule has 96 valence electrons. The van der Waals surface area contributed by atoms with E-state index in [1.807, 2.05) is 6.08 Å². The van der Waals surface area contributed by atoms with Crippen LogP contribution in [-0.4, -0.2) is 30.6 Å². The molecule has 1 heterocycles. The van der Waals surface area contributed by atoms with Crippen molar-refractivity contribution in [3.05, 3.63) is 41.2 Å². The summed E-state index contributed by atoms with van der Waals surface area (Å²) in [5, 5.41) is 15.3. The van der Waals surface area contributed by atoms with E-state index in [9.17, 15) is 14.3 Å². The zero-order valence-electron chi connectivity index (χ0n) is 9.87. The highest BCUT2D eigenvalue weighted by Gasteiger charge is 2.16. The second-order valence-electron chi connectivity index (χ2n) is 4.13. The standard InChI is InChI=1S/C13H15FN2O2/c14-10-2-1-3-11(17)12(10)13(18)16-8-9-4-6-15-7-5-9/h1-4,15,17H,5-8H2,(H,16,18). The zero-order valence-corrected chi connectivity index (χ0v) is 9.87. The third-order valence-electron chi connectivity index (χ3n) is 2.85. The van der Waals surface area contributed by atoms with E-state index in [-0.39, 0.29) is 11.3 Å². The van der Waals surface area contributed by atoms with E-state index >= 15 is 0 Å². The Morgan fingerprint density at radius 1 is 1.50 bits per heavy atom. The number of phenols is 1. The average Bonchev–Trinajstić information content (AvgIpc) is 2.37. The molecule has 0 aromatic heterocycles. The van der Waals surface area contributed by atoms with Gasteiger partial charge in [-0.3, -0.25) is 4.79 Å². The first-order valence-electron chi connectivity index (χ1n) is 5.83. The van der Waals surface area contributed by atoms with Gasteiger partial charge in [0.1, 0.15) is 17.1 Å². The summed E-state index contributed by atoms with van der Waals surface area (Å²) in [6.07, 6.45) is 2.87. The Hall–Kier alpha value is -1.88. The molecule has 1 aromatic carbocycles. The fourth-order valence-electron chi connectivity index (χ4n) is 1.85. The van der Waals surface area contributed by atoms with Crippen molar-refractivity contribution in [1.29, 1.82) is 0 Å². The number of phenolic OH excluding ortho intramolecular Hbond substituents is 1. The van der Waals surface area contributed by atoms with Crippen molar-refractivity contribution in [2.24, 2.45) is 0 Å². The van der Waals surface area contributed by atoms with Gasteiger partial charge in [-0.15, -0.1) is 0 Å². The Morgan fingerprint density at radius 2 is 2.33 bits per heavy atom. The van der Waals surface area contributed by atoms with Crippen LogP contribution in [0.3, 0.4) is 0 Å². The van der Waals surface area contributed by atoms with Crippen LogP contribution in [0.25, 0.3) is 0 Å². The van der Waals surface area contributed by atoms with Crippen LogP contribution in [0.2, 0.25) is 0 Å². The number of benzene rings is 1.